The van der Waals surface area contributed by atoms with Crippen molar-refractivity contribution in [3.63, 3.8) is 0 Å². The van der Waals surface area contributed by atoms with Gasteiger partial charge >= 0.3 is 0 Å². The normalized spacial score (nSPS) is 12.1. The molecule has 0 aliphatic carbocycles. The summed E-state index contributed by atoms with van der Waals surface area (Å²) in [6.45, 7) is 4.52. The lowest BCUT2D eigenvalue weighted by atomic mass is 10.3. The molecule has 0 fully saturated rings. The minimum Gasteiger partial charge on any atom is -0.465 e. The van der Waals surface area contributed by atoms with E-state index in [0.717, 1.165) is 5.75 Å². The lowest BCUT2D eigenvalue weighted by Gasteiger charge is -2.14. The molecule has 0 heterocycles. The molecule has 3 rings (SSSR count). The van der Waals surface area contributed by atoms with E-state index in [-0.39, 0.29) is 17.2 Å². The second-order valence-electron chi connectivity index (χ2n) is 5.54. The SMILES string of the molecule is CCOC(C)Oc1ccc([S+](c2ccccc2)c2ccccc2)cc1. The highest BCUT2D eigenvalue weighted by Gasteiger charge is 2.28. The quantitative estimate of drug-likeness (QED) is 0.411. The Balaban J connectivity index is 1.89. The third kappa shape index (κ3) is 4.65. The molecule has 0 bridgehead atoms. The van der Waals surface area contributed by atoms with Crippen molar-refractivity contribution in [2.45, 2.75) is 34.8 Å². The van der Waals surface area contributed by atoms with Gasteiger partial charge in [-0.05, 0) is 62.4 Å². The molecule has 0 spiro atoms. The van der Waals surface area contributed by atoms with E-state index in [1.165, 1.54) is 14.7 Å². The van der Waals surface area contributed by atoms with Crippen LogP contribution in [0.1, 0.15) is 13.8 Å². The van der Waals surface area contributed by atoms with E-state index in [1.807, 2.05) is 26.0 Å². The van der Waals surface area contributed by atoms with Gasteiger partial charge in [0.05, 0.1) is 10.9 Å². The molecule has 3 aromatic rings. The molecule has 1 atom stereocenters. The molecule has 0 saturated heterocycles. The Morgan fingerprint density at radius 3 is 1.68 bits per heavy atom. The van der Waals surface area contributed by atoms with Crippen LogP contribution in [0.3, 0.4) is 0 Å². The molecule has 25 heavy (non-hydrogen) atoms. The van der Waals surface area contributed by atoms with Gasteiger partial charge in [0.2, 0.25) is 0 Å². The van der Waals surface area contributed by atoms with E-state index in [1.54, 1.807) is 0 Å². The summed E-state index contributed by atoms with van der Waals surface area (Å²) in [5.74, 6) is 0.828. The standard InChI is InChI=1S/C22H23O2S/c1-3-23-18(2)24-19-14-16-22(17-15-19)25(20-10-6-4-7-11-20)21-12-8-5-9-13-21/h4-18H,3H2,1-2H3/q+1. The molecule has 3 heteroatoms. The fourth-order valence-electron chi connectivity index (χ4n) is 2.64. The molecular weight excluding hydrogens is 328 g/mol. The van der Waals surface area contributed by atoms with Gasteiger partial charge in [-0.25, -0.2) is 0 Å². The van der Waals surface area contributed by atoms with Crippen molar-refractivity contribution >= 4 is 10.9 Å². The Kier molecular flexibility index (Phi) is 6.15. The van der Waals surface area contributed by atoms with E-state index in [9.17, 15) is 0 Å². The minimum absolute atomic E-state index is 0.126. The van der Waals surface area contributed by atoms with Crippen LogP contribution in [0, 0.1) is 0 Å². The number of ether oxygens (including phenoxy) is 2. The zero-order valence-electron chi connectivity index (χ0n) is 14.6. The zero-order valence-corrected chi connectivity index (χ0v) is 15.4. The highest BCUT2D eigenvalue weighted by Crippen LogP contribution is 2.31. The van der Waals surface area contributed by atoms with Gasteiger partial charge in [0, 0.05) is 6.61 Å². The maximum Gasteiger partial charge on any atom is 0.196 e. The van der Waals surface area contributed by atoms with Crippen LogP contribution in [0.4, 0.5) is 0 Å². The Hall–Kier alpha value is -2.23. The van der Waals surface area contributed by atoms with Crippen LogP contribution in [0.5, 0.6) is 5.75 Å². The maximum absolute atomic E-state index is 5.78. The first-order valence-electron chi connectivity index (χ1n) is 8.50. The number of benzene rings is 3. The molecule has 0 aliphatic rings. The first-order valence-corrected chi connectivity index (χ1v) is 9.73. The average molecular weight is 351 g/mol. The summed E-state index contributed by atoms with van der Waals surface area (Å²) in [6.07, 6.45) is -0.239. The largest absolute Gasteiger partial charge is 0.465 e. The van der Waals surface area contributed by atoms with Gasteiger partial charge in [-0.15, -0.1) is 0 Å². The second kappa shape index (κ2) is 8.75. The van der Waals surface area contributed by atoms with Gasteiger partial charge in [0.25, 0.3) is 0 Å². The van der Waals surface area contributed by atoms with Crippen LogP contribution in [0.25, 0.3) is 0 Å². The summed E-state index contributed by atoms with van der Waals surface area (Å²) >= 11 is 0. The van der Waals surface area contributed by atoms with E-state index in [0.29, 0.717) is 6.61 Å². The molecule has 1 unspecified atom stereocenters. The van der Waals surface area contributed by atoms with Crippen molar-refractivity contribution < 1.29 is 9.47 Å². The topological polar surface area (TPSA) is 18.5 Å². The Bertz CT molecular complexity index is 718. The molecule has 2 nitrogen and oxygen atoms in total. The van der Waals surface area contributed by atoms with Crippen LogP contribution in [-0.4, -0.2) is 12.9 Å². The number of hydrogen-bond acceptors (Lipinski definition) is 2. The van der Waals surface area contributed by atoms with Crippen LogP contribution >= 0.6 is 0 Å². The van der Waals surface area contributed by atoms with Gasteiger partial charge in [-0.3, -0.25) is 0 Å². The monoisotopic (exact) mass is 351 g/mol. The van der Waals surface area contributed by atoms with Gasteiger partial charge in [-0.2, -0.15) is 0 Å². The smallest absolute Gasteiger partial charge is 0.196 e. The fourth-order valence-corrected chi connectivity index (χ4v) is 4.72. The van der Waals surface area contributed by atoms with Gasteiger partial charge in [0.15, 0.2) is 21.0 Å². The highest BCUT2D eigenvalue weighted by atomic mass is 32.2. The predicted molar refractivity (Wildman–Crippen MR) is 103 cm³/mol. The van der Waals surface area contributed by atoms with Crippen LogP contribution in [-0.2, 0) is 15.6 Å². The third-order valence-corrected chi connectivity index (χ3v) is 5.95. The molecular formula is C22H23O2S+. The molecule has 0 aliphatic heterocycles. The second-order valence-corrected chi connectivity index (χ2v) is 7.57. The summed E-state index contributed by atoms with van der Waals surface area (Å²) in [5, 5.41) is 0. The molecule has 0 aromatic heterocycles. The number of hydrogen-bond donors (Lipinski definition) is 0. The van der Waals surface area contributed by atoms with Crippen molar-refractivity contribution in [2.75, 3.05) is 6.61 Å². The summed E-state index contributed by atoms with van der Waals surface area (Å²) in [5.41, 5.74) is 0. The summed E-state index contributed by atoms with van der Waals surface area (Å²) < 4.78 is 11.2. The molecule has 3 aromatic carbocycles. The third-order valence-electron chi connectivity index (χ3n) is 3.72. The van der Waals surface area contributed by atoms with E-state index in [2.05, 4.69) is 72.8 Å². The van der Waals surface area contributed by atoms with Gasteiger partial charge in [-0.1, -0.05) is 36.4 Å². The van der Waals surface area contributed by atoms with Gasteiger partial charge < -0.3 is 9.47 Å². The van der Waals surface area contributed by atoms with Crippen molar-refractivity contribution in [1.29, 1.82) is 0 Å². The molecule has 0 saturated carbocycles. The molecule has 0 radical (unpaired) electrons. The molecule has 0 N–H and O–H groups in total. The zero-order chi connectivity index (χ0) is 17.5. The molecule has 128 valence electrons. The Morgan fingerprint density at radius 2 is 1.20 bits per heavy atom. The van der Waals surface area contributed by atoms with E-state index >= 15 is 0 Å². The highest BCUT2D eigenvalue weighted by molar-refractivity contribution is 7.97. The van der Waals surface area contributed by atoms with Gasteiger partial charge in [0.1, 0.15) is 5.75 Å². The van der Waals surface area contributed by atoms with Crippen molar-refractivity contribution in [3.8, 4) is 5.75 Å². The first-order chi connectivity index (χ1) is 12.3. The lowest BCUT2D eigenvalue weighted by molar-refractivity contribution is -0.0613. The van der Waals surface area contributed by atoms with E-state index in [4.69, 9.17) is 9.47 Å². The van der Waals surface area contributed by atoms with Crippen molar-refractivity contribution in [1.82, 2.24) is 0 Å². The first kappa shape index (κ1) is 17.6. The molecule has 0 amide bonds. The van der Waals surface area contributed by atoms with Crippen LogP contribution in [0.15, 0.2) is 99.6 Å². The average Bonchev–Trinajstić information content (AvgIpc) is 2.65. The number of rotatable bonds is 7. The van der Waals surface area contributed by atoms with Crippen molar-refractivity contribution in [2.24, 2.45) is 0 Å². The lowest BCUT2D eigenvalue weighted by Crippen LogP contribution is -2.15. The van der Waals surface area contributed by atoms with E-state index < -0.39 is 0 Å². The Morgan fingerprint density at radius 1 is 0.720 bits per heavy atom. The van der Waals surface area contributed by atoms with Crippen molar-refractivity contribution in [3.05, 3.63) is 84.9 Å². The summed E-state index contributed by atoms with van der Waals surface area (Å²) in [4.78, 5) is 3.89. The summed E-state index contributed by atoms with van der Waals surface area (Å²) in [6, 6.07) is 29.6. The van der Waals surface area contributed by atoms with Crippen LogP contribution < -0.4 is 4.74 Å². The van der Waals surface area contributed by atoms with Crippen LogP contribution in [0.2, 0.25) is 0 Å². The Labute approximate surface area is 152 Å². The predicted octanol–water partition coefficient (Wildman–Crippen LogP) is 5.54. The fraction of sp³-hybridized carbons (Fsp3) is 0.182. The summed E-state index contributed by atoms with van der Waals surface area (Å²) in [7, 11) is -0.126. The maximum atomic E-state index is 5.78. The minimum atomic E-state index is -0.239.